The van der Waals surface area contributed by atoms with Gasteiger partial charge in [0.25, 0.3) is 5.92 Å². The first-order valence-electron chi connectivity index (χ1n) is 6.06. The minimum absolute atomic E-state index is 0.0264. The van der Waals surface area contributed by atoms with Crippen molar-refractivity contribution in [2.45, 2.75) is 12.3 Å². The number of hydrogen-bond acceptors (Lipinski definition) is 3. The smallest absolute Gasteiger partial charge is 0.285 e. The van der Waals surface area contributed by atoms with E-state index in [1.165, 1.54) is 12.1 Å². The van der Waals surface area contributed by atoms with Crippen LogP contribution < -0.4 is 5.32 Å². The third-order valence-corrected chi connectivity index (χ3v) is 2.72. The molecule has 0 spiro atoms. The normalized spacial score (nSPS) is 11.7. The summed E-state index contributed by atoms with van der Waals surface area (Å²) in [4.78, 5) is 4.03. The lowest BCUT2D eigenvalue weighted by molar-refractivity contribution is -0.00288. The van der Waals surface area contributed by atoms with E-state index in [0.29, 0.717) is 18.8 Å². The van der Waals surface area contributed by atoms with E-state index in [1.54, 1.807) is 36.3 Å². The number of nitrogens with one attached hydrogen (secondary N) is 1. The fourth-order valence-corrected chi connectivity index (χ4v) is 1.73. The van der Waals surface area contributed by atoms with Gasteiger partial charge >= 0.3 is 0 Å². The molecule has 0 saturated heterocycles. The summed E-state index contributed by atoms with van der Waals surface area (Å²) in [7, 11) is 1.77. The minimum Gasteiger partial charge on any atom is -0.310 e. The topological polar surface area (TPSA) is 42.7 Å². The van der Waals surface area contributed by atoms with Crippen molar-refractivity contribution in [2.24, 2.45) is 7.05 Å². The molecule has 0 amide bonds. The number of rotatable bonds is 6. The molecule has 0 aliphatic carbocycles. The zero-order valence-electron chi connectivity index (χ0n) is 10.7. The molecule has 1 heterocycles. The lowest BCUT2D eigenvalue weighted by Crippen LogP contribution is -2.32. The Hall–Kier alpha value is -1.82. The van der Waals surface area contributed by atoms with Crippen molar-refractivity contribution in [3.05, 3.63) is 48.0 Å². The molecule has 0 aliphatic heterocycles. The van der Waals surface area contributed by atoms with Crippen LogP contribution in [-0.2, 0) is 19.4 Å². The van der Waals surface area contributed by atoms with Gasteiger partial charge in [-0.15, -0.1) is 0 Å². The highest BCUT2D eigenvalue weighted by Gasteiger charge is 2.30. The minimum atomic E-state index is -2.86. The summed E-state index contributed by atoms with van der Waals surface area (Å²) >= 11 is 0. The van der Waals surface area contributed by atoms with Crippen LogP contribution >= 0.6 is 0 Å². The molecule has 0 atom stereocenters. The molecule has 0 radical (unpaired) electrons. The van der Waals surface area contributed by atoms with Crippen molar-refractivity contribution in [3.8, 4) is 0 Å². The second kappa shape index (κ2) is 5.88. The Balaban J connectivity index is 1.79. The Morgan fingerprint density at radius 3 is 2.63 bits per heavy atom. The summed E-state index contributed by atoms with van der Waals surface area (Å²) in [5, 5.41) is 6.82. The molecule has 6 heteroatoms. The van der Waals surface area contributed by atoms with Crippen LogP contribution in [0.3, 0.4) is 0 Å². The van der Waals surface area contributed by atoms with Crippen molar-refractivity contribution >= 4 is 0 Å². The van der Waals surface area contributed by atoms with E-state index in [2.05, 4.69) is 15.4 Å². The van der Waals surface area contributed by atoms with Crippen LogP contribution in [0.15, 0.2) is 36.7 Å². The highest BCUT2D eigenvalue weighted by molar-refractivity contribution is 5.20. The average Bonchev–Trinajstić information content (AvgIpc) is 2.82. The first-order valence-corrected chi connectivity index (χ1v) is 6.06. The third-order valence-electron chi connectivity index (χ3n) is 2.72. The van der Waals surface area contributed by atoms with Gasteiger partial charge in [0.2, 0.25) is 0 Å². The van der Waals surface area contributed by atoms with E-state index in [-0.39, 0.29) is 12.1 Å². The molecule has 19 heavy (non-hydrogen) atoms. The molecule has 102 valence electrons. The molecule has 2 aromatic rings. The monoisotopic (exact) mass is 266 g/mol. The van der Waals surface area contributed by atoms with E-state index >= 15 is 0 Å². The van der Waals surface area contributed by atoms with Crippen LogP contribution in [0.1, 0.15) is 11.4 Å². The van der Waals surface area contributed by atoms with Crippen LogP contribution in [0.2, 0.25) is 0 Å². The number of halogens is 2. The first kappa shape index (κ1) is 13.6. The maximum Gasteiger partial charge on any atom is 0.285 e. The zero-order chi connectivity index (χ0) is 13.7. The number of hydrogen-bond donors (Lipinski definition) is 1. The van der Waals surface area contributed by atoms with E-state index in [4.69, 9.17) is 0 Å². The van der Waals surface area contributed by atoms with Crippen molar-refractivity contribution in [2.75, 3.05) is 13.1 Å². The molecule has 0 saturated carbocycles. The summed E-state index contributed by atoms with van der Waals surface area (Å²) in [6.07, 6.45) is 2.12. The molecular formula is C13H16F2N4. The fraction of sp³-hybridized carbons (Fsp3) is 0.385. The molecule has 1 aromatic carbocycles. The van der Waals surface area contributed by atoms with E-state index in [0.717, 1.165) is 0 Å². The van der Waals surface area contributed by atoms with Gasteiger partial charge in [-0.3, -0.25) is 4.68 Å². The molecule has 0 fully saturated rings. The SMILES string of the molecule is Cn1cnc(CCNCC(F)(F)c2ccccc2)n1. The number of aryl methyl sites for hydroxylation is 1. The van der Waals surface area contributed by atoms with Gasteiger partial charge in [-0.25, -0.2) is 4.98 Å². The van der Waals surface area contributed by atoms with Crippen molar-refractivity contribution in [3.63, 3.8) is 0 Å². The average molecular weight is 266 g/mol. The molecule has 2 rings (SSSR count). The molecule has 4 nitrogen and oxygen atoms in total. The summed E-state index contributed by atoms with van der Waals surface area (Å²) in [6.45, 7) is 0.0380. The maximum atomic E-state index is 13.8. The van der Waals surface area contributed by atoms with Gasteiger partial charge < -0.3 is 5.32 Å². The largest absolute Gasteiger partial charge is 0.310 e. The molecular weight excluding hydrogens is 250 g/mol. The Morgan fingerprint density at radius 2 is 2.00 bits per heavy atom. The first-order chi connectivity index (χ1) is 9.08. The lowest BCUT2D eigenvalue weighted by Gasteiger charge is -2.17. The van der Waals surface area contributed by atoms with Crippen LogP contribution in [0, 0.1) is 0 Å². The van der Waals surface area contributed by atoms with Crippen LogP contribution in [0.25, 0.3) is 0 Å². The van der Waals surface area contributed by atoms with E-state index in [9.17, 15) is 8.78 Å². The quantitative estimate of drug-likeness (QED) is 0.810. The Morgan fingerprint density at radius 1 is 1.26 bits per heavy atom. The van der Waals surface area contributed by atoms with Crippen molar-refractivity contribution < 1.29 is 8.78 Å². The van der Waals surface area contributed by atoms with Crippen LogP contribution in [-0.4, -0.2) is 27.9 Å². The van der Waals surface area contributed by atoms with Gasteiger partial charge in [0, 0.05) is 25.6 Å². The molecule has 1 N–H and O–H groups in total. The number of aromatic nitrogens is 3. The zero-order valence-corrected chi connectivity index (χ0v) is 10.7. The molecule has 0 aliphatic rings. The number of alkyl halides is 2. The van der Waals surface area contributed by atoms with Gasteiger partial charge in [-0.05, 0) is 0 Å². The van der Waals surface area contributed by atoms with Crippen LogP contribution in [0.5, 0.6) is 0 Å². The van der Waals surface area contributed by atoms with E-state index < -0.39 is 5.92 Å². The van der Waals surface area contributed by atoms with Crippen molar-refractivity contribution in [1.29, 1.82) is 0 Å². The Kier molecular flexibility index (Phi) is 4.21. The van der Waals surface area contributed by atoms with E-state index in [1.807, 2.05) is 0 Å². The van der Waals surface area contributed by atoms with Gasteiger partial charge in [-0.2, -0.15) is 13.9 Å². The summed E-state index contributed by atoms with van der Waals surface area (Å²) < 4.78 is 29.2. The fourth-order valence-electron chi connectivity index (χ4n) is 1.73. The highest BCUT2D eigenvalue weighted by atomic mass is 19.3. The third kappa shape index (κ3) is 3.82. The summed E-state index contributed by atoms with van der Waals surface area (Å²) in [5.41, 5.74) is 0.0264. The summed E-state index contributed by atoms with van der Waals surface area (Å²) in [6, 6.07) is 7.81. The van der Waals surface area contributed by atoms with Gasteiger partial charge in [0.1, 0.15) is 6.33 Å². The van der Waals surface area contributed by atoms with Gasteiger partial charge in [-0.1, -0.05) is 30.3 Å². The Labute approximate surface area is 110 Å². The number of nitrogens with zero attached hydrogens (tertiary/aromatic N) is 3. The standard InChI is InChI=1S/C13H16F2N4/c1-19-10-17-12(18-19)7-8-16-9-13(14,15)11-5-3-2-4-6-11/h2-6,10,16H,7-9H2,1H3. The predicted octanol–water partition coefficient (Wildman–Crippen LogP) is 1.74. The summed E-state index contributed by atoms with van der Waals surface area (Å²) in [5.74, 6) is -2.21. The Bertz CT molecular complexity index is 510. The second-order valence-corrected chi connectivity index (χ2v) is 4.33. The molecule has 0 unspecified atom stereocenters. The highest BCUT2D eigenvalue weighted by Crippen LogP contribution is 2.26. The lowest BCUT2D eigenvalue weighted by atomic mass is 10.1. The predicted molar refractivity (Wildman–Crippen MR) is 67.9 cm³/mol. The van der Waals surface area contributed by atoms with Crippen molar-refractivity contribution in [1.82, 2.24) is 20.1 Å². The second-order valence-electron chi connectivity index (χ2n) is 4.33. The van der Waals surface area contributed by atoms with Crippen LogP contribution in [0.4, 0.5) is 8.78 Å². The number of benzene rings is 1. The molecule has 0 bridgehead atoms. The molecule has 1 aromatic heterocycles. The van der Waals surface area contributed by atoms with Gasteiger partial charge in [0.15, 0.2) is 5.82 Å². The maximum absolute atomic E-state index is 13.8. The van der Waals surface area contributed by atoms with Gasteiger partial charge in [0.05, 0.1) is 6.54 Å².